The molecular weight excluding hydrogens is 292 g/mol. The standard InChI is InChI=1S/C17H26N4S/c1-2-11-22-14-5-6-15-16(12-14)20-17(19-15)13-18-7-10-21-8-3-4-9-21/h5-6,12,18H,2-4,7-11,13H2,1H3,(H,19,20). The zero-order valence-electron chi connectivity index (χ0n) is 13.4. The SMILES string of the molecule is CCCSc1ccc2nc(CNCCN3CCCC3)[nH]c2c1. The van der Waals surface area contributed by atoms with Crippen molar-refractivity contribution in [2.24, 2.45) is 0 Å². The van der Waals surface area contributed by atoms with Gasteiger partial charge in [0, 0.05) is 18.0 Å². The Bertz CT molecular complexity index is 589. The van der Waals surface area contributed by atoms with Crippen LogP contribution in [0.1, 0.15) is 32.0 Å². The van der Waals surface area contributed by atoms with Crippen molar-refractivity contribution in [3.05, 3.63) is 24.0 Å². The van der Waals surface area contributed by atoms with Crippen molar-refractivity contribution < 1.29 is 0 Å². The molecule has 2 heterocycles. The Morgan fingerprint density at radius 3 is 3.00 bits per heavy atom. The van der Waals surface area contributed by atoms with Crippen molar-refractivity contribution in [1.29, 1.82) is 0 Å². The molecule has 120 valence electrons. The lowest BCUT2D eigenvalue weighted by Gasteiger charge is -2.14. The molecule has 0 saturated carbocycles. The summed E-state index contributed by atoms with van der Waals surface area (Å²) >= 11 is 1.91. The molecule has 1 aromatic carbocycles. The predicted octanol–water partition coefficient (Wildman–Crippen LogP) is 3.25. The van der Waals surface area contributed by atoms with E-state index < -0.39 is 0 Å². The molecule has 0 unspecified atom stereocenters. The van der Waals surface area contributed by atoms with E-state index in [0.29, 0.717) is 0 Å². The molecule has 22 heavy (non-hydrogen) atoms. The first kappa shape index (κ1) is 15.8. The van der Waals surface area contributed by atoms with Gasteiger partial charge in [-0.1, -0.05) is 6.92 Å². The third kappa shape index (κ3) is 4.24. The fraction of sp³-hybridized carbons (Fsp3) is 0.588. The number of aromatic nitrogens is 2. The lowest BCUT2D eigenvalue weighted by Crippen LogP contribution is -2.29. The minimum absolute atomic E-state index is 0.819. The van der Waals surface area contributed by atoms with Crippen LogP contribution in [0.2, 0.25) is 0 Å². The van der Waals surface area contributed by atoms with Crippen LogP contribution in [0.25, 0.3) is 11.0 Å². The number of H-pyrrole nitrogens is 1. The summed E-state index contributed by atoms with van der Waals surface area (Å²) in [6, 6.07) is 6.52. The number of benzene rings is 1. The molecule has 0 radical (unpaired) electrons. The molecule has 0 amide bonds. The maximum absolute atomic E-state index is 4.66. The largest absolute Gasteiger partial charge is 0.341 e. The third-order valence-electron chi connectivity index (χ3n) is 4.07. The first-order valence-electron chi connectivity index (χ1n) is 8.39. The van der Waals surface area contributed by atoms with Gasteiger partial charge in [-0.2, -0.15) is 0 Å². The van der Waals surface area contributed by atoms with E-state index in [4.69, 9.17) is 0 Å². The van der Waals surface area contributed by atoms with E-state index >= 15 is 0 Å². The Morgan fingerprint density at radius 1 is 1.32 bits per heavy atom. The molecule has 0 bridgehead atoms. The summed E-state index contributed by atoms with van der Waals surface area (Å²) in [5, 5.41) is 3.50. The second-order valence-corrected chi connectivity index (χ2v) is 7.10. The number of likely N-dealkylation sites (tertiary alicyclic amines) is 1. The predicted molar refractivity (Wildman–Crippen MR) is 94.5 cm³/mol. The van der Waals surface area contributed by atoms with Crippen LogP contribution < -0.4 is 5.32 Å². The highest BCUT2D eigenvalue weighted by atomic mass is 32.2. The zero-order valence-corrected chi connectivity index (χ0v) is 14.2. The van der Waals surface area contributed by atoms with Crippen molar-refractivity contribution in [2.45, 2.75) is 37.6 Å². The number of nitrogens with zero attached hydrogens (tertiary/aromatic N) is 2. The van der Waals surface area contributed by atoms with Gasteiger partial charge < -0.3 is 15.2 Å². The fourth-order valence-electron chi connectivity index (χ4n) is 2.89. The van der Waals surface area contributed by atoms with Gasteiger partial charge in [0.2, 0.25) is 0 Å². The second-order valence-electron chi connectivity index (χ2n) is 5.94. The number of rotatable bonds is 8. The lowest BCUT2D eigenvalue weighted by molar-refractivity contribution is 0.335. The fourth-order valence-corrected chi connectivity index (χ4v) is 3.69. The van der Waals surface area contributed by atoms with E-state index in [1.165, 1.54) is 43.0 Å². The van der Waals surface area contributed by atoms with Crippen molar-refractivity contribution in [2.75, 3.05) is 31.9 Å². The van der Waals surface area contributed by atoms with Gasteiger partial charge in [0.25, 0.3) is 0 Å². The molecule has 1 aliphatic heterocycles. The molecule has 4 nitrogen and oxygen atoms in total. The Hall–Kier alpha value is -1.04. The Labute approximate surface area is 137 Å². The molecule has 1 fully saturated rings. The van der Waals surface area contributed by atoms with Crippen LogP contribution >= 0.6 is 11.8 Å². The number of aromatic amines is 1. The second kappa shape index (κ2) is 7.99. The molecule has 5 heteroatoms. The van der Waals surface area contributed by atoms with Crippen molar-refractivity contribution >= 4 is 22.8 Å². The van der Waals surface area contributed by atoms with Crippen molar-refractivity contribution in [1.82, 2.24) is 20.2 Å². The maximum atomic E-state index is 4.66. The summed E-state index contributed by atoms with van der Waals surface area (Å²) in [6.45, 7) is 7.76. The van der Waals surface area contributed by atoms with E-state index in [9.17, 15) is 0 Å². The summed E-state index contributed by atoms with van der Waals surface area (Å²) in [4.78, 5) is 12.0. The molecule has 3 rings (SSSR count). The molecule has 0 spiro atoms. The van der Waals surface area contributed by atoms with Crippen LogP contribution in [0.4, 0.5) is 0 Å². The number of nitrogens with one attached hydrogen (secondary N) is 2. The van der Waals surface area contributed by atoms with Gasteiger partial charge >= 0.3 is 0 Å². The van der Waals surface area contributed by atoms with Gasteiger partial charge in [0.1, 0.15) is 5.82 Å². The number of hydrogen-bond donors (Lipinski definition) is 2. The molecule has 1 aromatic heterocycles. The average Bonchev–Trinajstić information content (AvgIpc) is 3.18. The lowest BCUT2D eigenvalue weighted by atomic mass is 10.3. The number of imidazole rings is 1. The molecular formula is C17H26N4S. The Morgan fingerprint density at radius 2 is 2.18 bits per heavy atom. The van der Waals surface area contributed by atoms with Crippen LogP contribution in [-0.2, 0) is 6.54 Å². The first-order chi connectivity index (χ1) is 10.8. The van der Waals surface area contributed by atoms with E-state index in [2.05, 4.69) is 45.3 Å². The topological polar surface area (TPSA) is 44.0 Å². The minimum Gasteiger partial charge on any atom is -0.341 e. The molecule has 2 N–H and O–H groups in total. The quantitative estimate of drug-likeness (QED) is 0.579. The molecule has 0 aliphatic carbocycles. The smallest absolute Gasteiger partial charge is 0.121 e. The van der Waals surface area contributed by atoms with Gasteiger partial charge in [0.05, 0.1) is 17.6 Å². The monoisotopic (exact) mass is 318 g/mol. The van der Waals surface area contributed by atoms with E-state index in [1.807, 2.05) is 11.8 Å². The number of thioether (sulfide) groups is 1. The summed E-state index contributed by atoms with van der Waals surface area (Å²) in [5.41, 5.74) is 2.22. The van der Waals surface area contributed by atoms with E-state index in [1.54, 1.807) is 0 Å². The van der Waals surface area contributed by atoms with Gasteiger partial charge in [-0.25, -0.2) is 4.98 Å². The highest BCUT2D eigenvalue weighted by Gasteiger charge is 2.10. The van der Waals surface area contributed by atoms with Gasteiger partial charge in [0.15, 0.2) is 0 Å². The van der Waals surface area contributed by atoms with Crippen LogP contribution in [-0.4, -0.2) is 46.8 Å². The van der Waals surface area contributed by atoms with Crippen LogP contribution in [0, 0.1) is 0 Å². The highest BCUT2D eigenvalue weighted by Crippen LogP contribution is 2.23. The Kier molecular flexibility index (Phi) is 5.76. The third-order valence-corrected chi connectivity index (χ3v) is 5.27. The normalized spacial score (nSPS) is 15.9. The van der Waals surface area contributed by atoms with Crippen LogP contribution in [0.5, 0.6) is 0 Å². The summed E-state index contributed by atoms with van der Waals surface area (Å²) in [6.07, 6.45) is 3.93. The minimum atomic E-state index is 0.819. The molecule has 2 aromatic rings. The Balaban J connectivity index is 1.50. The van der Waals surface area contributed by atoms with Crippen LogP contribution in [0.15, 0.2) is 23.1 Å². The average molecular weight is 318 g/mol. The number of hydrogen-bond acceptors (Lipinski definition) is 4. The van der Waals surface area contributed by atoms with E-state index in [0.717, 1.165) is 36.5 Å². The van der Waals surface area contributed by atoms with Crippen molar-refractivity contribution in [3.63, 3.8) is 0 Å². The van der Waals surface area contributed by atoms with Crippen molar-refractivity contribution in [3.8, 4) is 0 Å². The molecule has 1 aliphatic rings. The summed E-state index contributed by atoms with van der Waals surface area (Å²) in [7, 11) is 0. The first-order valence-corrected chi connectivity index (χ1v) is 9.38. The number of fused-ring (bicyclic) bond motifs is 1. The highest BCUT2D eigenvalue weighted by molar-refractivity contribution is 7.99. The van der Waals surface area contributed by atoms with E-state index in [-0.39, 0.29) is 0 Å². The summed E-state index contributed by atoms with van der Waals surface area (Å²) < 4.78 is 0. The van der Waals surface area contributed by atoms with Gasteiger partial charge in [-0.05, 0) is 56.3 Å². The maximum Gasteiger partial charge on any atom is 0.121 e. The van der Waals surface area contributed by atoms with Gasteiger partial charge in [-0.15, -0.1) is 11.8 Å². The summed E-state index contributed by atoms with van der Waals surface area (Å²) in [5.74, 6) is 2.21. The van der Waals surface area contributed by atoms with Crippen LogP contribution in [0.3, 0.4) is 0 Å². The zero-order chi connectivity index (χ0) is 15.2. The molecule has 0 atom stereocenters. The molecule has 1 saturated heterocycles. The van der Waals surface area contributed by atoms with Gasteiger partial charge in [-0.3, -0.25) is 0 Å².